The summed E-state index contributed by atoms with van der Waals surface area (Å²) in [5, 5.41) is 22.4. The van der Waals surface area contributed by atoms with Crippen molar-refractivity contribution in [2.75, 3.05) is 0 Å². The fourth-order valence-electron chi connectivity index (χ4n) is 9.83. The van der Waals surface area contributed by atoms with Gasteiger partial charge in [0.25, 0.3) is 0 Å². The molecule has 1 aromatic rings. The Morgan fingerprint density at radius 3 is 2.33 bits per heavy atom. The van der Waals surface area contributed by atoms with Gasteiger partial charge in [0.1, 0.15) is 0 Å². The van der Waals surface area contributed by atoms with Crippen LogP contribution in [-0.4, -0.2) is 21.9 Å². The van der Waals surface area contributed by atoms with E-state index in [-0.39, 0.29) is 11.5 Å². The first-order valence-corrected chi connectivity index (χ1v) is 14.2. The van der Waals surface area contributed by atoms with Crippen LogP contribution in [0.15, 0.2) is 24.3 Å². The molecule has 2 nitrogen and oxygen atoms in total. The van der Waals surface area contributed by atoms with Gasteiger partial charge in [-0.1, -0.05) is 50.6 Å². The Balaban J connectivity index is 1.34. The third-order valence-corrected chi connectivity index (χ3v) is 11.9. The second-order valence-corrected chi connectivity index (χ2v) is 13.2. The molecule has 4 aliphatic carbocycles. The molecule has 0 heterocycles. The zero-order valence-corrected chi connectivity index (χ0v) is 21.7. The van der Waals surface area contributed by atoms with Crippen molar-refractivity contribution >= 4 is 0 Å². The van der Waals surface area contributed by atoms with Gasteiger partial charge in [-0.25, -0.2) is 0 Å². The molecule has 0 unspecified atom stereocenters. The van der Waals surface area contributed by atoms with E-state index in [1.807, 2.05) is 0 Å². The summed E-state index contributed by atoms with van der Waals surface area (Å²) in [7, 11) is 0. The molecule has 0 aromatic heterocycles. The molecule has 0 bridgehead atoms. The quantitative estimate of drug-likeness (QED) is 0.501. The lowest BCUT2D eigenvalue weighted by Crippen LogP contribution is -2.55. The van der Waals surface area contributed by atoms with Crippen LogP contribution in [0, 0.1) is 47.3 Å². The predicted molar refractivity (Wildman–Crippen MR) is 136 cm³/mol. The van der Waals surface area contributed by atoms with Crippen LogP contribution in [0.4, 0.5) is 0 Å². The monoisotopic (exact) mass is 452 g/mol. The molecule has 0 radical (unpaired) electrons. The van der Waals surface area contributed by atoms with Crippen LogP contribution in [0.2, 0.25) is 0 Å². The average Bonchev–Trinajstić information content (AvgIpc) is 3.17. The molecule has 0 spiro atoms. The standard InChI is InChI=1S/C31H48O2/c1-5-31(33,19-14-22-8-6-21(2)7-9-22)28-13-12-26-25-11-10-23-20-24(32)15-17-29(23,3)27(25)16-18-30(26,28)4/h6-9,23-28,32-33H,5,10-20H2,1-4H3/t23-,24-,25-,26-,27-,28-,29-,30-,31+/m0/s1. The highest BCUT2D eigenvalue weighted by molar-refractivity contribution is 5.22. The molecule has 4 fully saturated rings. The average molecular weight is 453 g/mol. The van der Waals surface area contributed by atoms with E-state index in [0.29, 0.717) is 11.3 Å². The van der Waals surface area contributed by atoms with Crippen molar-refractivity contribution in [2.24, 2.45) is 40.4 Å². The summed E-state index contributed by atoms with van der Waals surface area (Å²) in [6.45, 7) is 9.51. The van der Waals surface area contributed by atoms with Crippen molar-refractivity contribution in [2.45, 2.75) is 116 Å². The first-order valence-electron chi connectivity index (χ1n) is 14.2. The van der Waals surface area contributed by atoms with Gasteiger partial charge in [0.15, 0.2) is 0 Å². The summed E-state index contributed by atoms with van der Waals surface area (Å²) in [5.41, 5.74) is 2.85. The summed E-state index contributed by atoms with van der Waals surface area (Å²) in [4.78, 5) is 0. The van der Waals surface area contributed by atoms with Gasteiger partial charge in [0.2, 0.25) is 0 Å². The van der Waals surface area contributed by atoms with Gasteiger partial charge in [-0.2, -0.15) is 0 Å². The minimum absolute atomic E-state index is 0.0579. The van der Waals surface area contributed by atoms with Crippen molar-refractivity contribution in [3.63, 3.8) is 0 Å². The van der Waals surface area contributed by atoms with Crippen LogP contribution in [0.1, 0.15) is 103 Å². The minimum Gasteiger partial charge on any atom is -0.393 e. The summed E-state index contributed by atoms with van der Waals surface area (Å²) in [5.74, 6) is 3.62. The van der Waals surface area contributed by atoms with Crippen LogP contribution in [0.25, 0.3) is 0 Å². The Kier molecular flexibility index (Phi) is 6.26. The van der Waals surface area contributed by atoms with E-state index < -0.39 is 5.60 Å². The van der Waals surface area contributed by atoms with E-state index in [0.717, 1.165) is 55.8 Å². The van der Waals surface area contributed by atoms with Crippen molar-refractivity contribution in [3.05, 3.63) is 35.4 Å². The van der Waals surface area contributed by atoms with Crippen LogP contribution in [-0.2, 0) is 6.42 Å². The lowest BCUT2D eigenvalue weighted by Gasteiger charge is -2.61. The van der Waals surface area contributed by atoms with E-state index >= 15 is 0 Å². The number of aryl methyl sites for hydroxylation is 2. The summed E-state index contributed by atoms with van der Waals surface area (Å²) in [6.07, 6.45) is 13.8. The molecule has 1 aromatic carbocycles. The van der Waals surface area contributed by atoms with Gasteiger partial charge in [0.05, 0.1) is 11.7 Å². The van der Waals surface area contributed by atoms with Crippen molar-refractivity contribution in [1.29, 1.82) is 0 Å². The molecule has 184 valence electrons. The van der Waals surface area contributed by atoms with Gasteiger partial charge in [-0.05, 0) is 130 Å². The molecule has 0 amide bonds. The Morgan fingerprint density at radius 2 is 1.61 bits per heavy atom. The fraction of sp³-hybridized carbons (Fsp3) is 0.806. The minimum atomic E-state index is -0.544. The molecule has 33 heavy (non-hydrogen) atoms. The van der Waals surface area contributed by atoms with Gasteiger partial charge in [-0.3, -0.25) is 0 Å². The van der Waals surface area contributed by atoms with Gasteiger partial charge >= 0.3 is 0 Å². The van der Waals surface area contributed by atoms with Crippen LogP contribution in [0.5, 0.6) is 0 Å². The highest BCUT2D eigenvalue weighted by Gasteiger charge is 2.62. The smallest absolute Gasteiger partial charge is 0.0681 e. The number of aliphatic hydroxyl groups is 2. The van der Waals surface area contributed by atoms with Crippen molar-refractivity contribution in [1.82, 2.24) is 0 Å². The highest BCUT2D eigenvalue weighted by Crippen LogP contribution is 2.69. The van der Waals surface area contributed by atoms with E-state index in [4.69, 9.17) is 0 Å². The second kappa shape index (κ2) is 8.66. The summed E-state index contributed by atoms with van der Waals surface area (Å²) < 4.78 is 0. The first-order chi connectivity index (χ1) is 15.7. The van der Waals surface area contributed by atoms with Crippen LogP contribution < -0.4 is 0 Å². The van der Waals surface area contributed by atoms with Crippen molar-refractivity contribution < 1.29 is 10.2 Å². The normalized spacial score (nSPS) is 44.4. The number of aliphatic hydroxyl groups excluding tert-OH is 1. The maximum absolute atomic E-state index is 12.1. The lowest BCUT2D eigenvalue weighted by molar-refractivity contribution is -0.148. The Bertz CT molecular complexity index is 832. The molecular weight excluding hydrogens is 404 g/mol. The third-order valence-electron chi connectivity index (χ3n) is 11.9. The number of hydrogen-bond acceptors (Lipinski definition) is 2. The van der Waals surface area contributed by atoms with E-state index in [2.05, 4.69) is 52.0 Å². The molecule has 0 aliphatic heterocycles. The largest absolute Gasteiger partial charge is 0.393 e. The number of rotatable bonds is 5. The molecule has 9 atom stereocenters. The Labute approximate surface area is 202 Å². The molecule has 2 heteroatoms. The second-order valence-electron chi connectivity index (χ2n) is 13.2. The highest BCUT2D eigenvalue weighted by atomic mass is 16.3. The lowest BCUT2D eigenvalue weighted by atomic mass is 9.44. The zero-order valence-electron chi connectivity index (χ0n) is 21.7. The van der Waals surface area contributed by atoms with Gasteiger partial charge in [-0.15, -0.1) is 0 Å². The molecule has 4 aliphatic rings. The number of hydrogen-bond donors (Lipinski definition) is 2. The third kappa shape index (κ3) is 3.92. The summed E-state index contributed by atoms with van der Waals surface area (Å²) in [6, 6.07) is 8.90. The van der Waals surface area contributed by atoms with Crippen LogP contribution in [0.3, 0.4) is 0 Å². The van der Waals surface area contributed by atoms with Crippen molar-refractivity contribution in [3.8, 4) is 0 Å². The van der Waals surface area contributed by atoms with Crippen LogP contribution >= 0.6 is 0 Å². The van der Waals surface area contributed by atoms with E-state index in [9.17, 15) is 10.2 Å². The van der Waals surface area contributed by atoms with E-state index in [1.165, 1.54) is 56.1 Å². The molecule has 0 saturated heterocycles. The van der Waals surface area contributed by atoms with E-state index in [1.54, 1.807) is 0 Å². The molecule has 4 saturated carbocycles. The van der Waals surface area contributed by atoms with Gasteiger partial charge in [0, 0.05) is 0 Å². The Hall–Kier alpha value is -0.860. The predicted octanol–water partition coefficient (Wildman–Crippen LogP) is 7.09. The summed E-state index contributed by atoms with van der Waals surface area (Å²) >= 11 is 0. The molecule has 2 N–H and O–H groups in total. The number of fused-ring (bicyclic) bond motifs is 5. The SMILES string of the molecule is CC[C@@](O)(CCc1ccc(C)cc1)[C@H]1CC[C@H]2[C@@H]3CC[C@H]4C[C@@H](O)CC[C@]4(C)[C@H]3CC[C@]12C. The van der Waals surface area contributed by atoms with Gasteiger partial charge < -0.3 is 10.2 Å². The first kappa shape index (κ1) is 23.9. The zero-order chi connectivity index (χ0) is 23.4. The number of benzene rings is 1. The Morgan fingerprint density at radius 1 is 0.909 bits per heavy atom. The molecule has 5 rings (SSSR count). The fourth-order valence-corrected chi connectivity index (χ4v) is 9.83. The molecular formula is C31H48O2. The maximum atomic E-state index is 12.1. The topological polar surface area (TPSA) is 40.5 Å². The maximum Gasteiger partial charge on any atom is 0.0681 e.